The molecule has 0 aliphatic rings. The van der Waals surface area contributed by atoms with Crippen molar-refractivity contribution in [2.75, 3.05) is 6.61 Å². The molecule has 0 bridgehead atoms. The number of rotatable bonds is 2. The van der Waals surface area contributed by atoms with E-state index in [1.807, 2.05) is 0 Å². The zero-order valence-electron chi connectivity index (χ0n) is 7.95. The van der Waals surface area contributed by atoms with E-state index in [9.17, 15) is 8.78 Å². The van der Waals surface area contributed by atoms with Gasteiger partial charge in [-0.1, -0.05) is 42.5 Å². The summed E-state index contributed by atoms with van der Waals surface area (Å²) in [6.45, 7) is -1.17. The topological polar surface area (TPSA) is 20.2 Å². The lowest BCUT2D eigenvalue weighted by molar-refractivity contribution is -0.0543. The molecule has 78 valence electrons. The Morgan fingerprint density at radius 3 is 2.40 bits per heavy atom. The van der Waals surface area contributed by atoms with Gasteiger partial charge in [0.05, 0.1) is 0 Å². The maximum Gasteiger partial charge on any atom is 0.296 e. The molecule has 0 aliphatic carbocycles. The third-order valence-corrected chi connectivity index (χ3v) is 2.38. The lowest BCUT2D eigenvalue weighted by Crippen LogP contribution is -2.18. The molecule has 0 radical (unpaired) electrons. The fourth-order valence-electron chi connectivity index (χ4n) is 1.63. The molecule has 0 saturated heterocycles. The first-order valence-electron chi connectivity index (χ1n) is 4.62. The van der Waals surface area contributed by atoms with Crippen LogP contribution in [0.4, 0.5) is 8.78 Å². The van der Waals surface area contributed by atoms with Gasteiger partial charge in [-0.05, 0) is 10.8 Å². The number of hydrogen-bond donors (Lipinski definition) is 1. The van der Waals surface area contributed by atoms with E-state index in [1.54, 1.807) is 36.4 Å². The Bertz CT molecular complexity index is 475. The van der Waals surface area contributed by atoms with Crippen molar-refractivity contribution in [1.82, 2.24) is 0 Å². The van der Waals surface area contributed by atoms with Crippen molar-refractivity contribution < 1.29 is 13.9 Å². The smallest absolute Gasteiger partial charge is 0.296 e. The van der Waals surface area contributed by atoms with Crippen LogP contribution in [-0.4, -0.2) is 11.7 Å². The van der Waals surface area contributed by atoms with Gasteiger partial charge in [0.2, 0.25) is 0 Å². The molecule has 2 aromatic rings. The van der Waals surface area contributed by atoms with Gasteiger partial charge in [-0.15, -0.1) is 0 Å². The molecule has 0 aliphatic heterocycles. The molecule has 0 unspecified atom stereocenters. The van der Waals surface area contributed by atoms with E-state index in [0.29, 0.717) is 5.39 Å². The highest BCUT2D eigenvalue weighted by Gasteiger charge is 2.31. The Morgan fingerprint density at radius 2 is 1.67 bits per heavy atom. The van der Waals surface area contributed by atoms with E-state index >= 15 is 0 Å². The highest BCUT2D eigenvalue weighted by Crippen LogP contribution is 2.32. The van der Waals surface area contributed by atoms with Crippen LogP contribution in [-0.2, 0) is 5.92 Å². The zero-order valence-corrected chi connectivity index (χ0v) is 7.95. The van der Waals surface area contributed by atoms with Gasteiger partial charge in [0.1, 0.15) is 6.61 Å². The summed E-state index contributed by atoms with van der Waals surface area (Å²) < 4.78 is 26.7. The highest BCUT2D eigenvalue weighted by molar-refractivity contribution is 5.86. The Kier molecular flexibility index (Phi) is 2.40. The summed E-state index contributed by atoms with van der Waals surface area (Å²) in [6, 6.07) is 11.6. The molecule has 3 heteroatoms. The van der Waals surface area contributed by atoms with Gasteiger partial charge in [0.15, 0.2) is 0 Å². The van der Waals surface area contributed by atoms with Crippen molar-refractivity contribution in [3.8, 4) is 0 Å². The summed E-state index contributed by atoms with van der Waals surface area (Å²) in [4.78, 5) is 0. The molecule has 1 N–H and O–H groups in total. The summed E-state index contributed by atoms with van der Waals surface area (Å²) in [5.74, 6) is -3.18. The Balaban J connectivity index is 2.71. The third kappa shape index (κ3) is 1.70. The third-order valence-electron chi connectivity index (χ3n) is 2.38. The molecule has 15 heavy (non-hydrogen) atoms. The summed E-state index contributed by atoms with van der Waals surface area (Å²) in [5.41, 5.74) is -0.122. The van der Waals surface area contributed by atoms with Gasteiger partial charge < -0.3 is 5.11 Å². The predicted molar refractivity (Wildman–Crippen MR) is 54.9 cm³/mol. The fourth-order valence-corrected chi connectivity index (χ4v) is 1.63. The van der Waals surface area contributed by atoms with Gasteiger partial charge in [-0.3, -0.25) is 0 Å². The second-order valence-corrected chi connectivity index (χ2v) is 3.39. The van der Waals surface area contributed by atoms with Crippen molar-refractivity contribution >= 4 is 10.8 Å². The molecule has 0 aromatic heterocycles. The van der Waals surface area contributed by atoms with Crippen LogP contribution in [0.25, 0.3) is 10.8 Å². The summed E-state index contributed by atoms with van der Waals surface area (Å²) >= 11 is 0. The molecular formula is C12H10F2O. The predicted octanol–water partition coefficient (Wildman–Crippen LogP) is 2.92. The zero-order chi connectivity index (χ0) is 10.9. The summed E-state index contributed by atoms with van der Waals surface area (Å²) in [5, 5.41) is 9.90. The Labute approximate surface area is 86.0 Å². The minimum absolute atomic E-state index is 0.122. The van der Waals surface area contributed by atoms with E-state index in [-0.39, 0.29) is 5.56 Å². The average Bonchev–Trinajstić information content (AvgIpc) is 2.28. The maximum absolute atomic E-state index is 13.4. The minimum atomic E-state index is -3.18. The van der Waals surface area contributed by atoms with Gasteiger partial charge in [-0.2, -0.15) is 8.78 Å². The van der Waals surface area contributed by atoms with Crippen LogP contribution in [0.3, 0.4) is 0 Å². The largest absolute Gasteiger partial charge is 0.390 e. The molecule has 0 atom stereocenters. The Hall–Kier alpha value is -1.48. The number of hydrogen-bond acceptors (Lipinski definition) is 1. The van der Waals surface area contributed by atoms with E-state index in [2.05, 4.69) is 0 Å². The molecule has 0 heterocycles. The van der Waals surface area contributed by atoms with Crippen molar-refractivity contribution in [2.24, 2.45) is 0 Å². The van der Waals surface area contributed by atoms with Crippen molar-refractivity contribution in [1.29, 1.82) is 0 Å². The standard InChI is InChI=1S/C12H10F2O/c13-12(14,8-15)11-7-3-5-9-4-1-2-6-10(9)11/h1-7,15H,8H2. The van der Waals surface area contributed by atoms with Crippen molar-refractivity contribution in [3.63, 3.8) is 0 Å². The van der Waals surface area contributed by atoms with E-state index in [1.165, 1.54) is 6.07 Å². The number of benzene rings is 2. The molecule has 0 amide bonds. The summed E-state index contributed by atoms with van der Waals surface area (Å²) in [7, 11) is 0. The van der Waals surface area contributed by atoms with Gasteiger partial charge in [0, 0.05) is 5.56 Å². The van der Waals surface area contributed by atoms with E-state index < -0.39 is 12.5 Å². The second kappa shape index (κ2) is 3.59. The van der Waals surface area contributed by atoms with Crippen molar-refractivity contribution in [2.45, 2.75) is 5.92 Å². The fraction of sp³-hybridized carbons (Fsp3) is 0.167. The lowest BCUT2D eigenvalue weighted by atomic mass is 10.0. The van der Waals surface area contributed by atoms with Crippen LogP contribution in [0, 0.1) is 0 Å². The first-order valence-corrected chi connectivity index (χ1v) is 4.62. The number of alkyl halides is 2. The van der Waals surface area contributed by atoms with Crippen LogP contribution in [0.5, 0.6) is 0 Å². The number of halogens is 2. The molecule has 2 rings (SSSR count). The number of fused-ring (bicyclic) bond motifs is 1. The average molecular weight is 208 g/mol. The SMILES string of the molecule is OCC(F)(F)c1cccc2ccccc12. The maximum atomic E-state index is 13.4. The molecule has 0 fully saturated rings. The van der Waals surface area contributed by atoms with Crippen LogP contribution in [0.15, 0.2) is 42.5 Å². The minimum Gasteiger partial charge on any atom is -0.390 e. The van der Waals surface area contributed by atoms with Crippen LogP contribution in [0.1, 0.15) is 5.56 Å². The van der Waals surface area contributed by atoms with Crippen LogP contribution >= 0.6 is 0 Å². The number of aliphatic hydroxyl groups is 1. The first-order chi connectivity index (χ1) is 7.15. The quantitative estimate of drug-likeness (QED) is 0.804. The van der Waals surface area contributed by atoms with Gasteiger partial charge in [-0.25, -0.2) is 0 Å². The monoisotopic (exact) mass is 208 g/mol. The molecule has 2 aromatic carbocycles. The second-order valence-electron chi connectivity index (χ2n) is 3.39. The van der Waals surface area contributed by atoms with Crippen molar-refractivity contribution in [3.05, 3.63) is 48.0 Å². The van der Waals surface area contributed by atoms with Crippen LogP contribution in [0.2, 0.25) is 0 Å². The molecular weight excluding hydrogens is 198 g/mol. The van der Waals surface area contributed by atoms with E-state index in [0.717, 1.165) is 5.39 Å². The normalized spacial score (nSPS) is 11.9. The Morgan fingerprint density at radius 1 is 1.00 bits per heavy atom. The number of aliphatic hydroxyl groups excluding tert-OH is 1. The van der Waals surface area contributed by atoms with Gasteiger partial charge in [0.25, 0.3) is 5.92 Å². The highest BCUT2D eigenvalue weighted by atomic mass is 19.3. The lowest BCUT2D eigenvalue weighted by Gasteiger charge is -2.15. The molecule has 1 nitrogen and oxygen atoms in total. The van der Waals surface area contributed by atoms with Crippen LogP contribution < -0.4 is 0 Å². The summed E-state index contributed by atoms with van der Waals surface area (Å²) in [6.07, 6.45) is 0. The molecule has 0 spiro atoms. The first kappa shape index (κ1) is 10.1. The van der Waals surface area contributed by atoms with Gasteiger partial charge >= 0.3 is 0 Å². The molecule has 0 saturated carbocycles. The van der Waals surface area contributed by atoms with E-state index in [4.69, 9.17) is 5.11 Å².